The van der Waals surface area contributed by atoms with E-state index in [0.29, 0.717) is 12.8 Å². The molecule has 2 atom stereocenters. The zero-order chi connectivity index (χ0) is 29.4. The van der Waals surface area contributed by atoms with Crippen LogP contribution in [0.15, 0.2) is 12.2 Å². The molecule has 0 aromatic heterocycles. The molecule has 0 amide bonds. The third-order valence-corrected chi connectivity index (χ3v) is 8.46. The van der Waals surface area contributed by atoms with Gasteiger partial charge >= 0.3 is 0 Å². The number of rotatable bonds is 33. The molecule has 0 spiro atoms. The monoisotopic (exact) mass is 566 g/mol. The Kier molecular flexibility index (Phi) is 32.2. The average Bonchev–Trinajstić information content (AvgIpc) is 2.95. The zero-order valence-electron chi connectivity index (χ0n) is 26.9. The highest BCUT2D eigenvalue weighted by atomic mass is 16.3. The Morgan fingerprint density at radius 3 is 1.45 bits per heavy atom. The summed E-state index contributed by atoms with van der Waals surface area (Å²) in [5.74, 6) is -0.543. The van der Waals surface area contributed by atoms with Crippen LogP contribution in [0.5, 0.6) is 0 Å². The van der Waals surface area contributed by atoms with Crippen LogP contribution in [0.25, 0.3) is 0 Å². The van der Waals surface area contributed by atoms with Gasteiger partial charge in [0.1, 0.15) is 5.78 Å². The van der Waals surface area contributed by atoms with Crippen molar-refractivity contribution in [3.63, 3.8) is 0 Å². The number of Topliss-reactive ketones (excluding diaryl/α,β-unsaturated/α-hetero) is 1. The normalized spacial score (nSPS) is 13.3. The summed E-state index contributed by atoms with van der Waals surface area (Å²) in [6, 6.07) is 0. The maximum absolute atomic E-state index is 12.6. The summed E-state index contributed by atoms with van der Waals surface area (Å²) < 4.78 is 0. The number of carbonyl (C=O) groups excluding carboxylic acids is 1. The van der Waals surface area contributed by atoms with E-state index in [2.05, 4.69) is 19.1 Å². The summed E-state index contributed by atoms with van der Waals surface area (Å²) in [5.41, 5.74) is 5.53. The molecule has 0 rings (SSSR count). The van der Waals surface area contributed by atoms with Crippen LogP contribution in [0.3, 0.4) is 0 Å². The maximum atomic E-state index is 12.6. The highest BCUT2D eigenvalue weighted by molar-refractivity contribution is 5.81. The minimum Gasteiger partial charge on any atom is -0.396 e. The smallest absolute Gasteiger partial charge is 0.140 e. The minimum atomic E-state index is -0.689. The number of hydrogen-bond acceptors (Lipinski definition) is 4. The number of nitrogens with two attached hydrogens (primary N) is 1. The van der Waals surface area contributed by atoms with E-state index in [1.807, 2.05) is 0 Å². The van der Waals surface area contributed by atoms with Crippen LogP contribution in [-0.2, 0) is 4.79 Å². The Hall–Kier alpha value is -0.710. The molecule has 4 N–H and O–H groups in total. The molecular weight excluding hydrogens is 494 g/mol. The first-order valence-corrected chi connectivity index (χ1v) is 17.8. The van der Waals surface area contributed by atoms with E-state index in [4.69, 9.17) is 5.73 Å². The largest absolute Gasteiger partial charge is 0.396 e. The Bertz CT molecular complexity index is 536. The van der Waals surface area contributed by atoms with Gasteiger partial charge in [0.05, 0.1) is 18.6 Å². The Morgan fingerprint density at radius 1 is 0.600 bits per heavy atom. The van der Waals surface area contributed by atoms with Crippen LogP contribution in [0.1, 0.15) is 187 Å². The number of aliphatic hydroxyl groups is 2. The zero-order valence-corrected chi connectivity index (χ0v) is 26.9. The number of carbonyl (C=O) groups is 1. The summed E-state index contributed by atoms with van der Waals surface area (Å²) in [7, 11) is 0. The van der Waals surface area contributed by atoms with Crippen molar-refractivity contribution in [3.8, 4) is 0 Å². The van der Waals surface area contributed by atoms with Crippen LogP contribution in [0.4, 0.5) is 0 Å². The molecule has 0 aliphatic rings. The second-order valence-electron chi connectivity index (χ2n) is 12.3. The fraction of sp³-hybridized carbons (Fsp3) is 0.917. The molecule has 238 valence electrons. The van der Waals surface area contributed by atoms with Crippen LogP contribution in [0.2, 0.25) is 0 Å². The van der Waals surface area contributed by atoms with Gasteiger partial charge < -0.3 is 15.9 Å². The van der Waals surface area contributed by atoms with Crippen molar-refractivity contribution in [2.75, 3.05) is 13.2 Å². The number of hydrogen-bond donors (Lipinski definition) is 3. The molecular formula is C36H71NO3. The standard InChI is InChI=1S/C36H71NO3/c1-2-3-4-5-6-7-8-9-10-12-15-18-21-24-27-30-35(39)34(33-38)36(40)31-28-25-22-19-16-13-11-14-17-20-23-26-29-32-37/h9-10,34,36,38,40H,2-8,11-33,37H2,1H3/b10-9-. The highest BCUT2D eigenvalue weighted by Gasteiger charge is 2.25. The average molecular weight is 566 g/mol. The summed E-state index contributed by atoms with van der Waals surface area (Å²) in [6.45, 7) is 2.87. The first-order chi connectivity index (χ1) is 19.7. The van der Waals surface area contributed by atoms with Gasteiger partial charge in [0, 0.05) is 6.42 Å². The van der Waals surface area contributed by atoms with E-state index in [-0.39, 0.29) is 12.4 Å². The molecule has 0 radical (unpaired) electrons. The lowest BCUT2D eigenvalue weighted by Gasteiger charge is -2.19. The van der Waals surface area contributed by atoms with E-state index < -0.39 is 12.0 Å². The number of ketones is 1. The van der Waals surface area contributed by atoms with E-state index in [1.54, 1.807) is 0 Å². The van der Waals surface area contributed by atoms with E-state index in [9.17, 15) is 15.0 Å². The van der Waals surface area contributed by atoms with Gasteiger partial charge in [-0.1, -0.05) is 147 Å². The molecule has 0 aromatic carbocycles. The van der Waals surface area contributed by atoms with Gasteiger partial charge in [0.25, 0.3) is 0 Å². The van der Waals surface area contributed by atoms with Crippen LogP contribution in [0, 0.1) is 5.92 Å². The first-order valence-electron chi connectivity index (χ1n) is 17.8. The van der Waals surface area contributed by atoms with Crippen molar-refractivity contribution in [3.05, 3.63) is 12.2 Å². The van der Waals surface area contributed by atoms with Gasteiger partial charge in [-0.25, -0.2) is 0 Å². The molecule has 4 nitrogen and oxygen atoms in total. The van der Waals surface area contributed by atoms with E-state index in [1.165, 1.54) is 141 Å². The maximum Gasteiger partial charge on any atom is 0.140 e. The molecule has 0 aromatic rings. The predicted octanol–water partition coefficient (Wildman–Crippen LogP) is 9.98. The van der Waals surface area contributed by atoms with Gasteiger partial charge in [-0.2, -0.15) is 0 Å². The number of unbranched alkanes of at least 4 members (excludes halogenated alkanes) is 23. The van der Waals surface area contributed by atoms with Crippen molar-refractivity contribution in [2.45, 2.75) is 193 Å². The van der Waals surface area contributed by atoms with Crippen molar-refractivity contribution >= 4 is 5.78 Å². The summed E-state index contributed by atoms with van der Waals surface area (Å²) in [4.78, 5) is 12.6. The summed E-state index contributed by atoms with van der Waals surface area (Å²) in [5, 5.41) is 20.2. The molecule has 0 heterocycles. The Morgan fingerprint density at radius 2 is 1.00 bits per heavy atom. The quantitative estimate of drug-likeness (QED) is 0.0546. The van der Waals surface area contributed by atoms with Crippen LogP contribution in [-0.4, -0.2) is 35.3 Å². The third kappa shape index (κ3) is 27.5. The lowest BCUT2D eigenvalue weighted by Crippen LogP contribution is -2.31. The first kappa shape index (κ1) is 39.3. The molecule has 40 heavy (non-hydrogen) atoms. The fourth-order valence-corrected chi connectivity index (χ4v) is 5.64. The lowest BCUT2D eigenvalue weighted by molar-refractivity contribution is -0.128. The fourth-order valence-electron chi connectivity index (χ4n) is 5.64. The SMILES string of the molecule is CCCCCCCC/C=C\CCCCCCCC(=O)C(CO)C(O)CCCCCCCCCCCCCCCN. The molecule has 0 bridgehead atoms. The van der Waals surface area contributed by atoms with Crippen molar-refractivity contribution < 1.29 is 15.0 Å². The van der Waals surface area contributed by atoms with Crippen LogP contribution >= 0.6 is 0 Å². The molecule has 0 saturated heterocycles. The number of aliphatic hydroxyl groups excluding tert-OH is 2. The van der Waals surface area contributed by atoms with E-state index in [0.717, 1.165) is 32.2 Å². The predicted molar refractivity (Wildman–Crippen MR) is 175 cm³/mol. The minimum absolute atomic E-state index is 0.0482. The molecule has 2 unspecified atom stereocenters. The van der Waals surface area contributed by atoms with E-state index >= 15 is 0 Å². The highest BCUT2D eigenvalue weighted by Crippen LogP contribution is 2.18. The van der Waals surface area contributed by atoms with Gasteiger partial charge in [-0.15, -0.1) is 0 Å². The molecule has 0 aliphatic carbocycles. The summed E-state index contributed by atoms with van der Waals surface area (Å²) >= 11 is 0. The van der Waals surface area contributed by atoms with Gasteiger partial charge in [-0.3, -0.25) is 4.79 Å². The lowest BCUT2D eigenvalue weighted by atomic mass is 9.91. The van der Waals surface area contributed by atoms with Crippen molar-refractivity contribution in [2.24, 2.45) is 11.7 Å². The Labute approximate surface area is 250 Å². The van der Waals surface area contributed by atoms with Crippen LogP contribution < -0.4 is 5.73 Å². The molecule has 0 saturated carbocycles. The van der Waals surface area contributed by atoms with Crippen molar-refractivity contribution in [1.82, 2.24) is 0 Å². The Balaban J connectivity index is 3.58. The second-order valence-corrected chi connectivity index (χ2v) is 12.3. The third-order valence-electron chi connectivity index (χ3n) is 8.46. The molecule has 0 fully saturated rings. The second kappa shape index (κ2) is 32.8. The van der Waals surface area contributed by atoms with Gasteiger partial charge in [0.15, 0.2) is 0 Å². The van der Waals surface area contributed by atoms with Gasteiger partial charge in [-0.05, 0) is 51.5 Å². The van der Waals surface area contributed by atoms with Crippen molar-refractivity contribution in [1.29, 1.82) is 0 Å². The molecule has 0 aliphatic heterocycles. The number of allylic oxidation sites excluding steroid dienone is 2. The molecule has 4 heteroatoms. The summed E-state index contributed by atoms with van der Waals surface area (Å²) in [6.07, 6.45) is 37.7. The topological polar surface area (TPSA) is 83.5 Å². The van der Waals surface area contributed by atoms with Gasteiger partial charge in [0.2, 0.25) is 0 Å².